The summed E-state index contributed by atoms with van der Waals surface area (Å²) in [5.74, 6) is 0.530. The molecule has 0 atom stereocenters. The quantitative estimate of drug-likeness (QED) is 0.211. The molecule has 3 aromatic carbocycles. The lowest BCUT2D eigenvalue weighted by molar-refractivity contribution is 0.126. The number of aliphatic hydroxyl groups is 1. The maximum atomic E-state index is 12.4. The summed E-state index contributed by atoms with van der Waals surface area (Å²) in [6, 6.07) is 19.8. The van der Waals surface area contributed by atoms with E-state index in [0.717, 1.165) is 0 Å². The van der Waals surface area contributed by atoms with Crippen LogP contribution in [-0.4, -0.2) is 63.5 Å². The second-order valence-electron chi connectivity index (χ2n) is 9.64. The molecule has 1 aromatic heterocycles. The Kier molecular flexibility index (Phi) is 8.27. The molecule has 5 rings (SSSR count). The van der Waals surface area contributed by atoms with Gasteiger partial charge in [0, 0.05) is 41.1 Å². The van der Waals surface area contributed by atoms with Gasteiger partial charge in [0.1, 0.15) is 18.0 Å². The molecule has 0 radical (unpaired) electrons. The Balaban J connectivity index is 1.60. The average Bonchev–Trinajstić information content (AvgIpc) is 2.96. The lowest BCUT2D eigenvalue weighted by Gasteiger charge is -2.32. The fraction of sp³-hybridized carbons (Fsp3) is 0.276. The molecule has 208 valence electrons. The lowest BCUT2D eigenvalue weighted by Crippen LogP contribution is -2.41. The summed E-state index contributed by atoms with van der Waals surface area (Å²) in [4.78, 5) is 22.0. The molecule has 2 heterocycles. The van der Waals surface area contributed by atoms with Crippen molar-refractivity contribution in [2.24, 2.45) is 5.73 Å². The predicted molar refractivity (Wildman–Crippen MR) is 155 cm³/mol. The number of fused-ring (bicyclic) bond motifs is 1. The van der Waals surface area contributed by atoms with Crippen molar-refractivity contribution in [3.63, 3.8) is 0 Å². The van der Waals surface area contributed by atoms with Crippen LogP contribution in [0.3, 0.4) is 0 Å². The number of carbonyl (C=O) groups is 1. The van der Waals surface area contributed by atoms with E-state index in [4.69, 9.17) is 33.7 Å². The van der Waals surface area contributed by atoms with Gasteiger partial charge in [-0.05, 0) is 65.9 Å². The first-order valence-corrected chi connectivity index (χ1v) is 13.7. The molecule has 0 bridgehead atoms. The van der Waals surface area contributed by atoms with Gasteiger partial charge in [-0.2, -0.15) is 9.97 Å². The van der Waals surface area contributed by atoms with Crippen LogP contribution in [0.1, 0.15) is 29.5 Å². The van der Waals surface area contributed by atoms with Gasteiger partial charge in [0.25, 0.3) is 0 Å². The Morgan fingerprint density at radius 3 is 2.10 bits per heavy atom. The Morgan fingerprint density at radius 2 is 1.55 bits per heavy atom. The van der Waals surface area contributed by atoms with Crippen molar-refractivity contribution in [3.8, 4) is 6.01 Å². The Hall–Kier alpha value is -3.63. The van der Waals surface area contributed by atoms with Crippen molar-refractivity contribution in [1.82, 2.24) is 14.9 Å². The fourth-order valence-corrected chi connectivity index (χ4v) is 5.20. The number of benzene rings is 3. The number of halogens is 2. The summed E-state index contributed by atoms with van der Waals surface area (Å²) in [5, 5.41) is 27.0. The van der Waals surface area contributed by atoms with Crippen LogP contribution in [0, 0.1) is 0 Å². The zero-order chi connectivity index (χ0) is 28.3. The second-order valence-corrected chi connectivity index (χ2v) is 10.5. The smallest absolute Gasteiger partial charge is 0.407 e. The number of likely N-dealkylation sites (tertiary alicyclic amines) is 1. The van der Waals surface area contributed by atoms with Gasteiger partial charge < -0.3 is 30.9 Å². The number of hydrogen-bond donors (Lipinski definition) is 4. The summed E-state index contributed by atoms with van der Waals surface area (Å²) in [7, 11) is 0. The van der Waals surface area contributed by atoms with Gasteiger partial charge in [-0.1, -0.05) is 53.5 Å². The number of nitrogens with two attached hydrogens (primary N) is 1. The third-order valence-electron chi connectivity index (χ3n) is 7.07. The van der Waals surface area contributed by atoms with Gasteiger partial charge in [-0.15, -0.1) is 0 Å². The maximum Gasteiger partial charge on any atom is 0.407 e. The highest BCUT2D eigenvalue weighted by Crippen LogP contribution is 2.39. The van der Waals surface area contributed by atoms with Gasteiger partial charge >= 0.3 is 12.1 Å². The van der Waals surface area contributed by atoms with Crippen LogP contribution in [0.4, 0.5) is 10.6 Å². The van der Waals surface area contributed by atoms with Crippen LogP contribution in [0.5, 0.6) is 6.01 Å². The molecular formula is C29H29Cl2N5O4. The molecule has 0 saturated carbocycles. The minimum Gasteiger partial charge on any atom is -0.465 e. The zero-order valence-corrected chi connectivity index (χ0v) is 23.1. The van der Waals surface area contributed by atoms with Crippen molar-refractivity contribution in [2.45, 2.75) is 24.5 Å². The van der Waals surface area contributed by atoms with E-state index in [2.05, 4.69) is 15.3 Å². The Bertz CT molecular complexity index is 1450. The van der Waals surface area contributed by atoms with Gasteiger partial charge in [-0.25, -0.2) is 4.79 Å². The van der Waals surface area contributed by atoms with Gasteiger partial charge in [0.2, 0.25) is 0 Å². The van der Waals surface area contributed by atoms with Crippen LogP contribution in [0.15, 0.2) is 66.7 Å². The molecule has 4 aromatic rings. The summed E-state index contributed by atoms with van der Waals surface area (Å²) in [6.07, 6.45) is 0.322. The first kappa shape index (κ1) is 27.9. The van der Waals surface area contributed by atoms with Crippen LogP contribution < -0.4 is 15.8 Å². The van der Waals surface area contributed by atoms with Crippen molar-refractivity contribution in [1.29, 1.82) is 0 Å². The number of piperidine rings is 1. The predicted octanol–water partition coefficient (Wildman–Crippen LogP) is 5.11. The highest BCUT2D eigenvalue weighted by atomic mass is 35.5. The molecule has 11 heteroatoms. The number of hydrogen-bond acceptors (Lipinski definition) is 7. The minimum atomic E-state index is -1.54. The molecule has 1 saturated heterocycles. The largest absolute Gasteiger partial charge is 0.465 e. The van der Waals surface area contributed by atoms with Crippen LogP contribution in [-0.2, 0) is 5.60 Å². The molecule has 0 unspecified atom stereocenters. The first-order valence-electron chi connectivity index (χ1n) is 12.9. The Labute approximate surface area is 241 Å². The maximum absolute atomic E-state index is 12.4. The van der Waals surface area contributed by atoms with Gasteiger partial charge in [0.15, 0.2) is 0 Å². The topological polar surface area (TPSA) is 134 Å². The first-order chi connectivity index (χ1) is 19.3. The third-order valence-corrected chi connectivity index (χ3v) is 7.58. The monoisotopic (exact) mass is 581 g/mol. The van der Waals surface area contributed by atoms with E-state index in [0.29, 0.717) is 75.9 Å². The number of nitrogens with one attached hydrogen (secondary N) is 1. The lowest BCUT2D eigenvalue weighted by atomic mass is 9.80. The molecule has 0 aliphatic carbocycles. The molecule has 9 nitrogen and oxygen atoms in total. The highest BCUT2D eigenvalue weighted by Gasteiger charge is 2.34. The van der Waals surface area contributed by atoms with Crippen LogP contribution in [0.25, 0.3) is 10.9 Å². The molecular weight excluding hydrogens is 553 g/mol. The SMILES string of the molecule is NCCOc1nc(NC2CCN(C(=O)O)CC2)c2cc(C(O)(c3ccc(Cl)cc3)c3ccc(Cl)cc3)ccc2n1. The minimum absolute atomic E-state index is 0.00821. The number of nitrogens with zero attached hydrogens (tertiary/aromatic N) is 3. The second kappa shape index (κ2) is 11.9. The van der Waals surface area contributed by atoms with E-state index in [9.17, 15) is 15.0 Å². The normalized spacial score (nSPS) is 14.3. The number of rotatable bonds is 8. The molecule has 1 aliphatic heterocycles. The molecule has 1 aliphatic rings. The van der Waals surface area contributed by atoms with Crippen molar-refractivity contribution < 1.29 is 19.7 Å². The van der Waals surface area contributed by atoms with E-state index >= 15 is 0 Å². The van der Waals surface area contributed by atoms with E-state index in [1.165, 1.54) is 4.90 Å². The summed E-state index contributed by atoms with van der Waals surface area (Å²) < 4.78 is 5.65. The number of anilines is 1. The third kappa shape index (κ3) is 5.78. The van der Waals surface area contributed by atoms with Crippen molar-refractivity contribution in [2.75, 3.05) is 31.6 Å². The summed E-state index contributed by atoms with van der Waals surface area (Å²) in [5.41, 5.74) is 6.53. The summed E-state index contributed by atoms with van der Waals surface area (Å²) in [6.45, 7) is 1.41. The molecule has 5 N–H and O–H groups in total. The number of aromatic nitrogens is 2. The van der Waals surface area contributed by atoms with Gasteiger partial charge in [0.05, 0.1) is 5.52 Å². The standard InChI is InChI=1S/C29H29Cl2N5O4/c30-21-6-1-18(2-7-21)29(39,19-3-8-22(31)9-4-19)20-5-10-25-24(17-20)26(35-27(34-25)40-16-13-32)33-23-11-14-36(15-12-23)28(37)38/h1-10,17,23,39H,11-16,32H2,(H,37,38)(H,33,34,35). The van der Waals surface area contributed by atoms with Gasteiger partial charge in [-0.3, -0.25) is 0 Å². The summed E-state index contributed by atoms with van der Waals surface area (Å²) >= 11 is 12.3. The van der Waals surface area contributed by atoms with Crippen molar-refractivity contribution in [3.05, 3.63) is 93.5 Å². The molecule has 0 spiro atoms. The van der Waals surface area contributed by atoms with E-state index in [1.807, 2.05) is 18.2 Å². The number of carboxylic acid groups (broad SMARTS) is 1. The number of ether oxygens (including phenoxy) is 1. The molecule has 1 fully saturated rings. The highest BCUT2D eigenvalue weighted by molar-refractivity contribution is 6.30. The van der Waals surface area contributed by atoms with E-state index in [1.54, 1.807) is 48.5 Å². The zero-order valence-electron chi connectivity index (χ0n) is 21.6. The number of amides is 1. The van der Waals surface area contributed by atoms with Crippen LogP contribution in [0.2, 0.25) is 10.0 Å². The Morgan fingerprint density at radius 1 is 0.975 bits per heavy atom. The molecule has 1 amide bonds. The van der Waals surface area contributed by atoms with Crippen LogP contribution >= 0.6 is 23.2 Å². The average molecular weight is 582 g/mol. The van der Waals surface area contributed by atoms with Crippen molar-refractivity contribution >= 4 is 46.0 Å². The van der Waals surface area contributed by atoms with E-state index in [-0.39, 0.29) is 18.7 Å². The van der Waals surface area contributed by atoms with E-state index < -0.39 is 11.7 Å². The fourth-order valence-electron chi connectivity index (χ4n) is 4.95. The molecule has 40 heavy (non-hydrogen) atoms.